The van der Waals surface area contributed by atoms with Crippen LogP contribution >= 0.6 is 11.6 Å². The highest BCUT2D eigenvalue weighted by molar-refractivity contribution is 6.18. The Morgan fingerprint density at radius 2 is 2.05 bits per heavy atom. The number of alkyl halides is 1. The number of esters is 1. The average molecular weight is 310 g/mol. The zero-order chi connectivity index (χ0) is 15.2. The van der Waals surface area contributed by atoms with Crippen molar-refractivity contribution in [2.24, 2.45) is 0 Å². The van der Waals surface area contributed by atoms with E-state index in [0.717, 1.165) is 11.3 Å². The number of methoxy groups -OCH3 is 1. The standard InChI is InChI=1S/C15H16ClNO4/c1-20-15(19)14-7-6-13(21-14)10-2-4-11(5-3-10)17-9-12(18)8-16/h2-7,12,17-18H,8-9H2,1H3. The molecular weight excluding hydrogens is 294 g/mol. The number of aliphatic hydroxyl groups excluding tert-OH is 1. The molecule has 0 saturated heterocycles. The fourth-order valence-electron chi connectivity index (χ4n) is 1.75. The number of carbonyl (C=O) groups excluding carboxylic acids is 1. The Morgan fingerprint density at radius 3 is 2.67 bits per heavy atom. The van der Waals surface area contributed by atoms with Crippen LogP contribution in [0.4, 0.5) is 5.69 Å². The van der Waals surface area contributed by atoms with E-state index in [4.69, 9.17) is 16.0 Å². The lowest BCUT2D eigenvalue weighted by molar-refractivity contribution is 0.0566. The van der Waals surface area contributed by atoms with Gasteiger partial charge in [-0.05, 0) is 36.4 Å². The van der Waals surface area contributed by atoms with Crippen molar-refractivity contribution in [1.29, 1.82) is 0 Å². The van der Waals surface area contributed by atoms with Crippen LogP contribution in [0, 0.1) is 0 Å². The van der Waals surface area contributed by atoms with Gasteiger partial charge in [0.1, 0.15) is 5.76 Å². The van der Waals surface area contributed by atoms with Crippen LogP contribution in [0.1, 0.15) is 10.6 Å². The van der Waals surface area contributed by atoms with Crippen LogP contribution in [-0.2, 0) is 4.74 Å². The minimum atomic E-state index is -0.584. The second kappa shape index (κ2) is 7.15. The second-order valence-corrected chi connectivity index (χ2v) is 4.73. The Hall–Kier alpha value is -1.98. The molecule has 6 heteroatoms. The van der Waals surface area contributed by atoms with Gasteiger partial charge in [-0.15, -0.1) is 11.6 Å². The fraction of sp³-hybridized carbons (Fsp3) is 0.267. The number of aliphatic hydroxyl groups is 1. The lowest BCUT2D eigenvalue weighted by Crippen LogP contribution is -2.20. The van der Waals surface area contributed by atoms with E-state index in [9.17, 15) is 9.90 Å². The molecule has 2 aromatic rings. The first-order valence-electron chi connectivity index (χ1n) is 6.40. The number of hydrogen-bond acceptors (Lipinski definition) is 5. The maximum atomic E-state index is 11.3. The molecule has 1 atom stereocenters. The van der Waals surface area contributed by atoms with E-state index in [1.807, 2.05) is 24.3 Å². The van der Waals surface area contributed by atoms with Crippen molar-refractivity contribution in [3.8, 4) is 11.3 Å². The van der Waals surface area contributed by atoms with Crippen molar-refractivity contribution >= 4 is 23.3 Å². The van der Waals surface area contributed by atoms with Gasteiger partial charge in [0.15, 0.2) is 0 Å². The number of carbonyl (C=O) groups is 1. The van der Waals surface area contributed by atoms with E-state index in [0.29, 0.717) is 12.3 Å². The van der Waals surface area contributed by atoms with Crippen LogP contribution in [0.15, 0.2) is 40.8 Å². The molecule has 2 N–H and O–H groups in total. The van der Waals surface area contributed by atoms with E-state index in [2.05, 4.69) is 10.1 Å². The molecule has 21 heavy (non-hydrogen) atoms. The minimum absolute atomic E-state index is 0.167. The van der Waals surface area contributed by atoms with Gasteiger partial charge in [0.25, 0.3) is 0 Å². The maximum absolute atomic E-state index is 11.3. The van der Waals surface area contributed by atoms with Gasteiger partial charge in [-0.3, -0.25) is 0 Å². The van der Waals surface area contributed by atoms with Crippen molar-refractivity contribution in [3.05, 3.63) is 42.2 Å². The molecule has 0 bridgehead atoms. The molecule has 0 amide bonds. The van der Waals surface area contributed by atoms with Crippen molar-refractivity contribution in [1.82, 2.24) is 0 Å². The Kier molecular flexibility index (Phi) is 5.25. The van der Waals surface area contributed by atoms with E-state index in [1.54, 1.807) is 12.1 Å². The molecule has 0 radical (unpaired) electrons. The Bertz CT molecular complexity index is 594. The van der Waals surface area contributed by atoms with Crippen LogP contribution in [0.25, 0.3) is 11.3 Å². The molecule has 0 aliphatic rings. The van der Waals surface area contributed by atoms with E-state index in [1.165, 1.54) is 7.11 Å². The molecule has 1 heterocycles. The van der Waals surface area contributed by atoms with Crippen molar-refractivity contribution in [3.63, 3.8) is 0 Å². The number of furan rings is 1. The van der Waals surface area contributed by atoms with Gasteiger partial charge in [0, 0.05) is 17.8 Å². The molecule has 1 aromatic carbocycles. The molecule has 0 aliphatic carbocycles. The molecule has 0 saturated carbocycles. The topological polar surface area (TPSA) is 71.7 Å². The highest BCUT2D eigenvalue weighted by atomic mass is 35.5. The summed E-state index contributed by atoms with van der Waals surface area (Å²) in [6, 6.07) is 10.7. The van der Waals surface area contributed by atoms with Gasteiger partial charge in [-0.25, -0.2) is 4.79 Å². The molecule has 1 aromatic heterocycles. The highest BCUT2D eigenvalue weighted by Gasteiger charge is 2.12. The van der Waals surface area contributed by atoms with Crippen molar-refractivity contribution in [2.75, 3.05) is 24.9 Å². The summed E-state index contributed by atoms with van der Waals surface area (Å²) in [7, 11) is 1.31. The molecule has 1 unspecified atom stereocenters. The van der Waals surface area contributed by atoms with Gasteiger partial charge < -0.3 is 19.6 Å². The summed E-state index contributed by atoms with van der Waals surface area (Å²) in [6.45, 7) is 0.385. The minimum Gasteiger partial charge on any atom is -0.463 e. The van der Waals surface area contributed by atoms with Crippen LogP contribution < -0.4 is 5.32 Å². The Labute approximate surface area is 127 Å². The number of ether oxygens (including phenoxy) is 1. The summed E-state index contributed by atoms with van der Waals surface area (Å²) in [5, 5.41) is 12.4. The van der Waals surface area contributed by atoms with E-state index >= 15 is 0 Å². The number of nitrogens with one attached hydrogen (secondary N) is 1. The highest BCUT2D eigenvalue weighted by Crippen LogP contribution is 2.24. The number of hydrogen-bond donors (Lipinski definition) is 2. The third kappa shape index (κ3) is 4.00. The van der Waals surface area contributed by atoms with Crippen LogP contribution in [0.2, 0.25) is 0 Å². The number of anilines is 1. The third-order valence-electron chi connectivity index (χ3n) is 2.88. The summed E-state index contributed by atoms with van der Waals surface area (Å²) in [6.07, 6.45) is -0.584. The maximum Gasteiger partial charge on any atom is 0.373 e. The largest absolute Gasteiger partial charge is 0.463 e. The fourth-order valence-corrected chi connectivity index (χ4v) is 1.86. The van der Waals surface area contributed by atoms with Gasteiger partial charge in [-0.1, -0.05) is 0 Å². The average Bonchev–Trinajstić information content (AvgIpc) is 3.02. The smallest absolute Gasteiger partial charge is 0.373 e. The predicted molar refractivity (Wildman–Crippen MR) is 80.7 cm³/mol. The molecule has 0 fully saturated rings. The van der Waals surface area contributed by atoms with Crippen molar-refractivity contribution in [2.45, 2.75) is 6.10 Å². The first-order chi connectivity index (χ1) is 10.1. The monoisotopic (exact) mass is 309 g/mol. The summed E-state index contributed by atoms with van der Waals surface area (Å²) in [5.74, 6) is 0.436. The van der Waals surface area contributed by atoms with Crippen molar-refractivity contribution < 1.29 is 19.1 Å². The Morgan fingerprint density at radius 1 is 1.33 bits per heavy atom. The van der Waals surface area contributed by atoms with Gasteiger partial charge in [-0.2, -0.15) is 0 Å². The quantitative estimate of drug-likeness (QED) is 0.634. The lowest BCUT2D eigenvalue weighted by atomic mass is 10.1. The van der Waals surface area contributed by atoms with Gasteiger partial charge in [0.2, 0.25) is 5.76 Å². The molecule has 112 valence electrons. The summed E-state index contributed by atoms with van der Waals surface area (Å²) >= 11 is 5.52. The molecule has 5 nitrogen and oxygen atoms in total. The third-order valence-corrected chi connectivity index (χ3v) is 3.24. The van der Waals surface area contributed by atoms with Crippen LogP contribution in [0.5, 0.6) is 0 Å². The van der Waals surface area contributed by atoms with E-state index < -0.39 is 12.1 Å². The normalized spacial score (nSPS) is 12.0. The van der Waals surface area contributed by atoms with Crippen LogP contribution in [0.3, 0.4) is 0 Å². The SMILES string of the molecule is COC(=O)c1ccc(-c2ccc(NCC(O)CCl)cc2)o1. The molecule has 0 spiro atoms. The number of halogens is 1. The predicted octanol–water partition coefficient (Wildman–Crippen LogP) is 2.74. The van der Waals surface area contributed by atoms with E-state index in [-0.39, 0.29) is 11.6 Å². The summed E-state index contributed by atoms with van der Waals surface area (Å²) in [4.78, 5) is 11.3. The molecule has 0 aliphatic heterocycles. The number of benzene rings is 1. The molecule has 2 rings (SSSR count). The summed E-state index contributed by atoms with van der Waals surface area (Å²) < 4.78 is 10.0. The second-order valence-electron chi connectivity index (χ2n) is 4.42. The molecular formula is C15H16ClNO4. The van der Waals surface area contributed by atoms with Gasteiger partial charge >= 0.3 is 5.97 Å². The number of rotatable bonds is 6. The Balaban J connectivity index is 2.05. The van der Waals surface area contributed by atoms with Gasteiger partial charge in [0.05, 0.1) is 19.1 Å². The first kappa shape index (κ1) is 15.4. The zero-order valence-electron chi connectivity index (χ0n) is 11.5. The zero-order valence-corrected chi connectivity index (χ0v) is 12.3. The van der Waals surface area contributed by atoms with Crippen LogP contribution in [-0.4, -0.2) is 36.7 Å². The lowest BCUT2D eigenvalue weighted by Gasteiger charge is -2.10. The summed E-state index contributed by atoms with van der Waals surface area (Å²) in [5.41, 5.74) is 1.70. The first-order valence-corrected chi connectivity index (χ1v) is 6.94.